The van der Waals surface area contributed by atoms with Crippen LogP contribution < -0.4 is 9.47 Å². The van der Waals surface area contributed by atoms with E-state index in [4.69, 9.17) is 9.47 Å². The highest BCUT2D eigenvalue weighted by Crippen LogP contribution is 2.29. The van der Waals surface area contributed by atoms with E-state index in [2.05, 4.69) is 11.3 Å². The number of benzene rings is 1. The van der Waals surface area contributed by atoms with E-state index in [1.54, 1.807) is 12.1 Å². The molecule has 4 nitrogen and oxygen atoms in total. The van der Waals surface area contributed by atoms with E-state index in [9.17, 15) is 13.6 Å². The number of hydrogen-bond donors (Lipinski definition) is 0. The van der Waals surface area contributed by atoms with Gasteiger partial charge < -0.3 is 14.2 Å². The minimum absolute atomic E-state index is 0.0124. The van der Waals surface area contributed by atoms with Crippen molar-refractivity contribution < 1.29 is 27.8 Å². The molecule has 21 heavy (non-hydrogen) atoms. The first-order valence-electron chi connectivity index (χ1n) is 6.45. The van der Waals surface area contributed by atoms with Crippen LogP contribution in [0.3, 0.4) is 0 Å². The first kappa shape index (κ1) is 16.9. The van der Waals surface area contributed by atoms with Crippen molar-refractivity contribution in [2.24, 2.45) is 0 Å². The Kier molecular flexibility index (Phi) is 7.21. The molecule has 1 aromatic carbocycles. The molecular formula is C15H18F2O4. The number of methoxy groups -OCH3 is 1. The Balaban J connectivity index is 2.52. The lowest BCUT2D eigenvalue weighted by Crippen LogP contribution is -2.05. The number of carbonyl (C=O) groups excluding carboxylic acids is 1. The van der Waals surface area contributed by atoms with Crippen molar-refractivity contribution in [2.75, 3.05) is 13.7 Å². The van der Waals surface area contributed by atoms with Gasteiger partial charge in [0.1, 0.15) is 6.61 Å². The van der Waals surface area contributed by atoms with E-state index in [0.717, 1.165) is 5.56 Å². The van der Waals surface area contributed by atoms with Gasteiger partial charge in [0, 0.05) is 6.42 Å². The molecule has 0 N–H and O–H groups in total. The number of ether oxygens (including phenoxy) is 3. The minimum atomic E-state index is -2.90. The normalized spacial score (nSPS) is 10.3. The highest BCUT2D eigenvalue weighted by Gasteiger charge is 2.11. The Morgan fingerprint density at radius 1 is 1.38 bits per heavy atom. The summed E-state index contributed by atoms with van der Waals surface area (Å²) in [6, 6.07) is 4.71. The third-order valence-electron chi connectivity index (χ3n) is 2.65. The first-order chi connectivity index (χ1) is 10.1. The Hall–Kier alpha value is -2.11. The Bertz CT molecular complexity index is 475. The van der Waals surface area contributed by atoms with Crippen LogP contribution in [-0.4, -0.2) is 26.3 Å². The van der Waals surface area contributed by atoms with E-state index in [1.807, 2.05) is 0 Å². The van der Waals surface area contributed by atoms with Gasteiger partial charge in [0.15, 0.2) is 11.5 Å². The summed E-state index contributed by atoms with van der Waals surface area (Å²) in [6.45, 7) is 0.754. The molecule has 0 aliphatic rings. The van der Waals surface area contributed by atoms with Crippen LogP contribution in [0.5, 0.6) is 11.5 Å². The van der Waals surface area contributed by atoms with Crippen molar-refractivity contribution in [2.45, 2.75) is 25.9 Å². The second-order valence-corrected chi connectivity index (χ2v) is 4.19. The molecule has 0 unspecified atom stereocenters. The second kappa shape index (κ2) is 8.94. The SMILES string of the molecule is C=CCOC(=O)CCCc1ccc(OC(F)F)c(OC)c1. The summed E-state index contributed by atoms with van der Waals surface area (Å²) in [7, 11) is 1.38. The molecule has 1 rings (SSSR count). The fourth-order valence-corrected chi connectivity index (χ4v) is 1.72. The van der Waals surface area contributed by atoms with E-state index in [1.165, 1.54) is 19.3 Å². The Labute approximate surface area is 122 Å². The quantitative estimate of drug-likeness (QED) is 0.518. The van der Waals surface area contributed by atoms with Gasteiger partial charge in [0.05, 0.1) is 7.11 Å². The predicted molar refractivity (Wildman–Crippen MR) is 73.7 cm³/mol. The number of hydrogen-bond acceptors (Lipinski definition) is 4. The summed E-state index contributed by atoms with van der Waals surface area (Å²) in [6.07, 6.45) is 2.98. The van der Waals surface area contributed by atoms with Gasteiger partial charge in [-0.25, -0.2) is 0 Å². The summed E-state index contributed by atoms with van der Waals surface area (Å²) in [5.74, 6) is -0.0665. The maximum atomic E-state index is 12.2. The van der Waals surface area contributed by atoms with Gasteiger partial charge in [-0.15, -0.1) is 0 Å². The number of aryl methyl sites for hydroxylation is 1. The van der Waals surface area contributed by atoms with Crippen LogP contribution in [0.1, 0.15) is 18.4 Å². The molecule has 0 bridgehead atoms. The minimum Gasteiger partial charge on any atom is -0.493 e. The zero-order valence-corrected chi connectivity index (χ0v) is 11.8. The van der Waals surface area contributed by atoms with Crippen LogP contribution in [0.25, 0.3) is 0 Å². The van der Waals surface area contributed by atoms with E-state index >= 15 is 0 Å². The van der Waals surface area contributed by atoms with Crippen molar-refractivity contribution in [3.63, 3.8) is 0 Å². The van der Waals surface area contributed by atoms with Gasteiger partial charge in [0.25, 0.3) is 0 Å². The van der Waals surface area contributed by atoms with Crippen LogP contribution >= 0.6 is 0 Å². The second-order valence-electron chi connectivity index (χ2n) is 4.19. The molecule has 0 heterocycles. The average Bonchev–Trinajstić information content (AvgIpc) is 2.46. The van der Waals surface area contributed by atoms with Crippen LogP contribution in [0.2, 0.25) is 0 Å². The lowest BCUT2D eigenvalue weighted by Gasteiger charge is -2.11. The third kappa shape index (κ3) is 6.25. The number of esters is 1. The molecule has 0 saturated carbocycles. The van der Waals surface area contributed by atoms with Crippen molar-refractivity contribution in [1.29, 1.82) is 0 Å². The first-order valence-corrected chi connectivity index (χ1v) is 6.45. The lowest BCUT2D eigenvalue weighted by molar-refractivity contribution is -0.142. The summed E-state index contributed by atoms with van der Waals surface area (Å²) < 4.78 is 38.6. The number of halogens is 2. The lowest BCUT2D eigenvalue weighted by atomic mass is 10.1. The largest absolute Gasteiger partial charge is 0.493 e. The summed E-state index contributed by atoms with van der Waals surface area (Å²) in [5.41, 5.74) is 0.866. The number of rotatable bonds is 9. The van der Waals surface area contributed by atoms with Gasteiger partial charge in [-0.2, -0.15) is 8.78 Å². The molecule has 0 aliphatic heterocycles. The molecule has 6 heteroatoms. The fourth-order valence-electron chi connectivity index (χ4n) is 1.72. The maximum absolute atomic E-state index is 12.2. The van der Waals surface area contributed by atoms with Gasteiger partial charge in [-0.3, -0.25) is 4.79 Å². The van der Waals surface area contributed by atoms with Crippen molar-refractivity contribution >= 4 is 5.97 Å². The standard InChI is InChI=1S/C15H18F2O4/c1-3-9-20-14(18)6-4-5-11-7-8-12(21-15(16)17)13(10-11)19-2/h3,7-8,10,15H,1,4-6,9H2,2H3. The summed E-state index contributed by atoms with van der Waals surface area (Å²) >= 11 is 0. The molecule has 0 aliphatic carbocycles. The monoisotopic (exact) mass is 300 g/mol. The molecule has 0 fully saturated rings. The zero-order valence-electron chi connectivity index (χ0n) is 11.8. The molecule has 0 amide bonds. The Morgan fingerprint density at radius 3 is 2.76 bits per heavy atom. The molecule has 0 spiro atoms. The Morgan fingerprint density at radius 2 is 2.14 bits per heavy atom. The predicted octanol–water partition coefficient (Wildman–Crippen LogP) is 3.35. The van der Waals surface area contributed by atoms with Crippen LogP contribution in [-0.2, 0) is 16.0 Å². The van der Waals surface area contributed by atoms with Crippen LogP contribution in [0.15, 0.2) is 30.9 Å². The highest BCUT2D eigenvalue weighted by molar-refractivity contribution is 5.69. The molecule has 116 valence electrons. The average molecular weight is 300 g/mol. The highest BCUT2D eigenvalue weighted by atomic mass is 19.3. The van der Waals surface area contributed by atoms with E-state index in [-0.39, 0.29) is 30.5 Å². The van der Waals surface area contributed by atoms with Crippen molar-refractivity contribution in [1.82, 2.24) is 0 Å². The van der Waals surface area contributed by atoms with Gasteiger partial charge in [-0.05, 0) is 30.5 Å². The van der Waals surface area contributed by atoms with Gasteiger partial charge >= 0.3 is 12.6 Å². The zero-order chi connectivity index (χ0) is 15.7. The van der Waals surface area contributed by atoms with Crippen LogP contribution in [0, 0.1) is 0 Å². The van der Waals surface area contributed by atoms with Gasteiger partial charge in [0.2, 0.25) is 0 Å². The number of alkyl halides is 2. The van der Waals surface area contributed by atoms with E-state index < -0.39 is 6.61 Å². The molecule has 0 saturated heterocycles. The molecule has 0 atom stereocenters. The summed E-state index contributed by atoms with van der Waals surface area (Å²) in [4.78, 5) is 11.3. The maximum Gasteiger partial charge on any atom is 0.387 e. The fraction of sp³-hybridized carbons (Fsp3) is 0.400. The molecule has 0 aromatic heterocycles. The third-order valence-corrected chi connectivity index (χ3v) is 2.65. The van der Waals surface area contributed by atoms with E-state index in [0.29, 0.717) is 12.8 Å². The molecule has 0 radical (unpaired) electrons. The molecular weight excluding hydrogens is 282 g/mol. The van der Waals surface area contributed by atoms with Gasteiger partial charge in [-0.1, -0.05) is 18.7 Å². The summed E-state index contributed by atoms with van der Waals surface area (Å²) in [5, 5.41) is 0. The smallest absolute Gasteiger partial charge is 0.387 e. The molecule has 1 aromatic rings. The van der Waals surface area contributed by atoms with Crippen LogP contribution in [0.4, 0.5) is 8.78 Å². The van der Waals surface area contributed by atoms with Crippen molar-refractivity contribution in [3.8, 4) is 11.5 Å². The number of carbonyl (C=O) groups is 1. The van der Waals surface area contributed by atoms with Crippen molar-refractivity contribution in [3.05, 3.63) is 36.4 Å². The topological polar surface area (TPSA) is 44.8 Å².